The van der Waals surface area contributed by atoms with Crippen LogP contribution in [0.3, 0.4) is 0 Å². The van der Waals surface area contributed by atoms with Gasteiger partial charge in [0.1, 0.15) is 5.75 Å². The van der Waals surface area contributed by atoms with E-state index in [0.29, 0.717) is 30.3 Å². The van der Waals surface area contributed by atoms with Crippen LogP contribution in [0.15, 0.2) is 33.9 Å². The molecule has 0 aliphatic heterocycles. The predicted octanol–water partition coefficient (Wildman–Crippen LogP) is 2.02. The molecule has 182 valence electrons. The first-order chi connectivity index (χ1) is 16.3. The smallest absolute Gasteiger partial charge is 0.332 e. The molecule has 10 nitrogen and oxygen atoms in total. The molecule has 0 bridgehead atoms. The number of hydrogen-bond donors (Lipinski definition) is 1. The van der Waals surface area contributed by atoms with Crippen molar-refractivity contribution in [1.82, 2.24) is 18.7 Å². The number of nitrogens with zero attached hydrogens (tertiary/aromatic N) is 4. The van der Waals surface area contributed by atoms with E-state index in [1.54, 1.807) is 14.2 Å². The van der Waals surface area contributed by atoms with Crippen LogP contribution >= 0.6 is 0 Å². The fourth-order valence-electron chi connectivity index (χ4n) is 4.54. The van der Waals surface area contributed by atoms with Gasteiger partial charge in [-0.1, -0.05) is 12.1 Å². The van der Waals surface area contributed by atoms with Crippen LogP contribution in [0.5, 0.6) is 5.75 Å². The molecule has 10 heteroatoms. The van der Waals surface area contributed by atoms with Gasteiger partial charge in [-0.2, -0.15) is 4.98 Å². The summed E-state index contributed by atoms with van der Waals surface area (Å²) in [4.78, 5) is 42.3. The standard InChI is InChI=1S/C24H31N5O5/c1-5-34-22(31)16-8-10-17(11-9-16)25-23-26-20-19(21(30)28(3)24(32)27(20)2)29(23)14-15-6-12-18(33-4)13-7-15/h6-7,12-13,16-17H,5,8-11,14H2,1-4H3,(H,25,26). The van der Waals surface area contributed by atoms with E-state index >= 15 is 0 Å². The van der Waals surface area contributed by atoms with Crippen molar-refractivity contribution < 1.29 is 14.3 Å². The minimum absolute atomic E-state index is 0.0794. The zero-order valence-electron chi connectivity index (χ0n) is 20.0. The minimum Gasteiger partial charge on any atom is -0.497 e. The molecule has 0 amide bonds. The number of fused-ring (bicyclic) bond motifs is 1. The lowest BCUT2D eigenvalue weighted by molar-refractivity contribution is -0.149. The van der Waals surface area contributed by atoms with E-state index in [-0.39, 0.29) is 17.9 Å². The number of ether oxygens (including phenoxy) is 2. The molecule has 4 rings (SSSR count). The van der Waals surface area contributed by atoms with Crippen molar-refractivity contribution in [3.8, 4) is 5.75 Å². The quantitative estimate of drug-likeness (QED) is 0.527. The Kier molecular flexibility index (Phi) is 6.76. The zero-order valence-corrected chi connectivity index (χ0v) is 20.0. The van der Waals surface area contributed by atoms with Gasteiger partial charge in [-0.3, -0.25) is 23.3 Å². The monoisotopic (exact) mass is 469 g/mol. The molecular weight excluding hydrogens is 438 g/mol. The molecule has 2 heterocycles. The highest BCUT2D eigenvalue weighted by Crippen LogP contribution is 2.28. The number of aryl methyl sites for hydroxylation is 1. The lowest BCUT2D eigenvalue weighted by atomic mass is 9.86. The number of carbonyl (C=O) groups is 1. The Morgan fingerprint density at radius 1 is 1.09 bits per heavy atom. The van der Waals surface area contributed by atoms with Gasteiger partial charge >= 0.3 is 11.7 Å². The number of esters is 1. The van der Waals surface area contributed by atoms with Crippen molar-refractivity contribution in [3.63, 3.8) is 0 Å². The Balaban J connectivity index is 1.68. The SMILES string of the molecule is CCOC(=O)C1CCC(Nc2nc3c(c(=O)n(C)c(=O)n3C)n2Cc2ccc(OC)cc2)CC1. The van der Waals surface area contributed by atoms with Crippen LogP contribution in [0, 0.1) is 5.92 Å². The maximum absolute atomic E-state index is 13.1. The molecule has 0 spiro atoms. The van der Waals surface area contributed by atoms with Gasteiger partial charge in [0, 0.05) is 20.1 Å². The normalized spacial score (nSPS) is 18.1. The molecule has 1 fully saturated rings. The third-order valence-electron chi connectivity index (χ3n) is 6.53. The molecule has 0 radical (unpaired) electrons. The topological polar surface area (TPSA) is 109 Å². The van der Waals surface area contributed by atoms with E-state index in [2.05, 4.69) is 10.3 Å². The zero-order chi connectivity index (χ0) is 24.4. The molecule has 2 aromatic heterocycles. The molecule has 34 heavy (non-hydrogen) atoms. The Hall–Kier alpha value is -3.56. The van der Waals surface area contributed by atoms with Crippen molar-refractivity contribution in [2.45, 2.75) is 45.2 Å². The summed E-state index contributed by atoms with van der Waals surface area (Å²) in [7, 11) is 4.70. The Morgan fingerprint density at radius 2 is 1.76 bits per heavy atom. The van der Waals surface area contributed by atoms with Crippen LogP contribution in [0.4, 0.5) is 5.95 Å². The van der Waals surface area contributed by atoms with Crippen molar-refractivity contribution in [3.05, 3.63) is 50.7 Å². The fourth-order valence-corrected chi connectivity index (χ4v) is 4.54. The number of carbonyl (C=O) groups excluding carboxylic acids is 1. The fraction of sp³-hybridized carbons (Fsp3) is 0.500. The summed E-state index contributed by atoms with van der Waals surface area (Å²) in [5.74, 6) is 1.06. The van der Waals surface area contributed by atoms with Gasteiger partial charge in [0.2, 0.25) is 5.95 Å². The molecule has 0 atom stereocenters. The second kappa shape index (κ2) is 9.74. The van der Waals surface area contributed by atoms with Gasteiger partial charge < -0.3 is 14.8 Å². The van der Waals surface area contributed by atoms with Crippen LogP contribution in [-0.2, 0) is 30.2 Å². The van der Waals surface area contributed by atoms with E-state index < -0.39 is 11.2 Å². The molecule has 1 aliphatic carbocycles. The first-order valence-corrected chi connectivity index (χ1v) is 11.6. The van der Waals surface area contributed by atoms with Crippen molar-refractivity contribution in [2.24, 2.45) is 20.0 Å². The van der Waals surface area contributed by atoms with Crippen LogP contribution in [-0.4, -0.2) is 44.4 Å². The van der Waals surface area contributed by atoms with Crippen LogP contribution in [0.25, 0.3) is 11.2 Å². The minimum atomic E-state index is -0.423. The van der Waals surface area contributed by atoms with Gasteiger partial charge in [0.05, 0.1) is 26.2 Å². The van der Waals surface area contributed by atoms with Gasteiger partial charge in [-0.25, -0.2) is 4.79 Å². The van der Waals surface area contributed by atoms with Crippen molar-refractivity contribution in [1.29, 1.82) is 0 Å². The summed E-state index contributed by atoms with van der Waals surface area (Å²) in [6, 6.07) is 7.70. The first kappa shape index (κ1) is 23.6. The van der Waals surface area contributed by atoms with E-state index in [1.165, 1.54) is 11.6 Å². The largest absolute Gasteiger partial charge is 0.497 e. The average molecular weight is 470 g/mol. The van der Waals surface area contributed by atoms with Crippen LogP contribution in [0.1, 0.15) is 38.2 Å². The van der Waals surface area contributed by atoms with Crippen LogP contribution in [0.2, 0.25) is 0 Å². The van der Waals surface area contributed by atoms with Gasteiger partial charge in [0.25, 0.3) is 5.56 Å². The van der Waals surface area contributed by atoms with E-state index in [9.17, 15) is 14.4 Å². The number of anilines is 1. The first-order valence-electron chi connectivity index (χ1n) is 11.6. The van der Waals surface area contributed by atoms with E-state index in [4.69, 9.17) is 9.47 Å². The summed E-state index contributed by atoms with van der Waals surface area (Å²) in [6.07, 6.45) is 3.03. The number of benzene rings is 1. The molecule has 1 aromatic carbocycles. The van der Waals surface area contributed by atoms with Gasteiger partial charge in [-0.15, -0.1) is 0 Å². The summed E-state index contributed by atoms with van der Waals surface area (Å²) in [6.45, 7) is 2.60. The number of methoxy groups -OCH3 is 1. The van der Waals surface area contributed by atoms with Crippen LogP contribution < -0.4 is 21.3 Å². The lowest BCUT2D eigenvalue weighted by Crippen LogP contribution is -2.37. The molecule has 0 unspecified atom stereocenters. The molecule has 1 saturated carbocycles. The number of nitrogens with one attached hydrogen (secondary N) is 1. The maximum atomic E-state index is 13.1. The number of rotatable bonds is 7. The highest BCUT2D eigenvalue weighted by molar-refractivity contribution is 5.75. The third kappa shape index (κ3) is 4.44. The molecule has 1 N–H and O–H groups in total. The lowest BCUT2D eigenvalue weighted by Gasteiger charge is -2.28. The Morgan fingerprint density at radius 3 is 2.38 bits per heavy atom. The molecule has 0 saturated heterocycles. The van der Waals surface area contributed by atoms with Gasteiger partial charge in [0.15, 0.2) is 11.2 Å². The number of imidazole rings is 1. The highest BCUT2D eigenvalue weighted by Gasteiger charge is 2.29. The summed E-state index contributed by atoms with van der Waals surface area (Å²) < 4.78 is 14.7. The second-order valence-electron chi connectivity index (χ2n) is 8.69. The van der Waals surface area contributed by atoms with Crippen molar-refractivity contribution in [2.75, 3.05) is 19.0 Å². The van der Waals surface area contributed by atoms with E-state index in [0.717, 1.165) is 41.6 Å². The summed E-state index contributed by atoms with van der Waals surface area (Å²) >= 11 is 0. The molecule has 1 aliphatic rings. The summed E-state index contributed by atoms with van der Waals surface area (Å²) in [5.41, 5.74) is 0.851. The predicted molar refractivity (Wildman–Crippen MR) is 128 cm³/mol. The highest BCUT2D eigenvalue weighted by atomic mass is 16.5. The molecular formula is C24H31N5O5. The summed E-state index contributed by atoms with van der Waals surface area (Å²) in [5, 5.41) is 3.48. The second-order valence-corrected chi connectivity index (χ2v) is 8.69. The van der Waals surface area contributed by atoms with Crippen molar-refractivity contribution >= 4 is 23.1 Å². The number of hydrogen-bond acceptors (Lipinski definition) is 7. The average Bonchev–Trinajstić information content (AvgIpc) is 3.20. The molecule has 3 aromatic rings. The third-order valence-corrected chi connectivity index (χ3v) is 6.53. The van der Waals surface area contributed by atoms with E-state index in [1.807, 2.05) is 35.8 Å². The maximum Gasteiger partial charge on any atom is 0.332 e. The van der Waals surface area contributed by atoms with Gasteiger partial charge in [-0.05, 0) is 50.3 Å². The Bertz CT molecular complexity index is 1300. The number of aromatic nitrogens is 4. The Labute approximate surface area is 197 Å².